The van der Waals surface area contributed by atoms with Gasteiger partial charge in [-0.15, -0.1) is 0 Å². The van der Waals surface area contributed by atoms with Gasteiger partial charge >= 0.3 is 0 Å². The summed E-state index contributed by atoms with van der Waals surface area (Å²) in [6.45, 7) is 3.17. The third-order valence-electron chi connectivity index (χ3n) is 1.42. The molecule has 0 aromatic carbocycles. The molecular formula is C8H13F2NO. The van der Waals surface area contributed by atoms with Gasteiger partial charge in [0.2, 0.25) is 0 Å². The molecule has 0 rings (SSSR count). The fourth-order valence-electron chi connectivity index (χ4n) is 0.556. The Bertz CT molecular complexity index is 163. The fourth-order valence-corrected chi connectivity index (χ4v) is 0.556. The predicted octanol–water partition coefficient (Wildman–Crippen LogP) is 2.21. The predicted molar refractivity (Wildman–Crippen MR) is 40.8 cm³/mol. The Morgan fingerprint density at radius 3 is 2.50 bits per heavy atom. The second-order valence-electron chi connectivity index (χ2n) is 3.21. The first-order chi connectivity index (χ1) is 5.48. The van der Waals surface area contributed by atoms with E-state index >= 15 is 0 Å². The second kappa shape index (κ2) is 5.04. The molecule has 0 amide bonds. The molecule has 0 aliphatic heterocycles. The number of ether oxygens (including phenoxy) is 1. The number of halogens is 2. The molecular weight excluding hydrogens is 164 g/mol. The van der Waals surface area contributed by atoms with Gasteiger partial charge in [0.15, 0.2) is 0 Å². The molecule has 0 bridgehead atoms. The zero-order chi connectivity index (χ0) is 9.61. The van der Waals surface area contributed by atoms with Gasteiger partial charge in [0.05, 0.1) is 11.5 Å². The minimum Gasteiger partial charge on any atom is -0.375 e. The van der Waals surface area contributed by atoms with Crippen LogP contribution in [0.3, 0.4) is 0 Å². The lowest BCUT2D eigenvalue weighted by atomic mass is 9.92. The summed E-state index contributed by atoms with van der Waals surface area (Å²) >= 11 is 0. The standard InChI is InChI=1S/C8H13F2NO/c1-8(2,6-11)3-4-12-5-7(9)10/h7H,3-5H2,1-2H3. The Kier molecular flexibility index (Phi) is 4.75. The van der Waals surface area contributed by atoms with Gasteiger partial charge < -0.3 is 4.74 Å². The number of alkyl halides is 2. The van der Waals surface area contributed by atoms with Crippen molar-refractivity contribution in [3.8, 4) is 6.07 Å². The van der Waals surface area contributed by atoms with Crippen LogP contribution in [0.25, 0.3) is 0 Å². The van der Waals surface area contributed by atoms with Gasteiger partial charge in [-0.05, 0) is 20.3 Å². The molecule has 0 radical (unpaired) electrons. The summed E-state index contributed by atoms with van der Waals surface area (Å²) in [5.41, 5.74) is -0.484. The summed E-state index contributed by atoms with van der Waals surface area (Å²) < 4.78 is 27.7. The van der Waals surface area contributed by atoms with Crippen LogP contribution in [0, 0.1) is 16.7 Å². The maximum absolute atomic E-state index is 11.5. The lowest BCUT2D eigenvalue weighted by Crippen LogP contribution is -2.14. The average molecular weight is 177 g/mol. The first-order valence-electron chi connectivity index (χ1n) is 3.75. The summed E-state index contributed by atoms with van der Waals surface area (Å²) in [5, 5.41) is 8.55. The SMILES string of the molecule is CC(C)(C#N)CCOCC(F)F. The van der Waals surface area contributed by atoms with Gasteiger partial charge in [-0.3, -0.25) is 0 Å². The van der Waals surface area contributed by atoms with E-state index in [0.29, 0.717) is 6.42 Å². The van der Waals surface area contributed by atoms with E-state index < -0.39 is 18.4 Å². The van der Waals surface area contributed by atoms with Crippen molar-refractivity contribution in [2.24, 2.45) is 5.41 Å². The quantitative estimate of drug-likeness (QED) is 0.603. The highest BCUT2D eigenvalue weighted by Crippen LogP contribution is 2.18. The van der Waals surface area contributed by atoms with E-state index in [-0.39, 0.29) is 6.61 Å². The first-order valence-corrected chi connectivity index (χ1v) is 3.75. The van der Waals surface area contributed by atoms with Crippen molar-refractivity contribution in [3.63, 3.8) is 0 Å². The van der Waals surface area contributed by atoms with Crippen molar-refractivity contribution >= 4 is 0 Å². The second-order valence-corrected chi connectivity index (χ2v) is 3.21. The van der Waals surface area contributed by atoms with Crippen molar-refractivity contribution in [1.82, 2.24) is 0 Å². The maximum atomic E-state index is 11.5. The smallest absolute Gasteiger partial charge is 0.261 e. The van der Waals surface area contributed by atoms with Gasteiger partial charge in [0.25, 0.3) is 6.43 Å². The lowest BCUT2D eigenvalue weighted by Gasteiger charge is -2.14. The number of hydrogen-bond donors (Lipinski definition) is 0. The van der Waals surface area contributed by atoms with Gasteiger partial charge in [0, 0.05) is 6.61 Å². The van der Waals surface area contributed by atoms with E-state index in [1.165, 1.54) is 0 Å². The van der Waals surface area contributed by atoms with Crippen LogP contribution >= 0.6 is 0 Å². The highest BCUT2D eigenvalue weighted by Gasteiger charge is 2.16. The monoisotopic (exact) mass is 177 g/mol. The molecule has 0 unspecified atom stereocenters. The zero-order valence-corrected chi connectivity index (χ0v) is 7.31. The molecule has 0 aromatic heterocycles. The van der Waals surface area contributed by atoms with E-state index in [2.05, 4.69) is 10.8 Å². The molecule has 0 fully saturated rings. The average Bonchev–Trinajstić information content (AvgIpc) is 1.98. The summed E-state index contributed by atoms with van der Waals surface area (Å²) in [6, 6.07) is 2.06. The summed E-state index contributed by atoms with van der Waals surface area (Å²) in [6.07, 6.45) is -1.94. The van der Waals surface area contributed by atoms with E-state index in [4.69, 9.17) is 5.26 Å². The van der Waals surface area contributed by atoms with E-state index in [1.807, 2.05) is 0 Å². The van der Waals surface area contributed by atoms with Gasteiger partial charge in [0.1, 0.15) is 6.61 Å². The normalized spacial score (nSPS) is 11.7. The Morgan fingerprint density at radius 2 is 2.08 bits per heavy atom. The zero-order valence-electron chi connectivity index (χ0n) is 7.31. The van der Waals surface area contributed by atoms with Gasteiger partial charge in [-0.25, -0.2) is 8.78 Å². The number of nitrogens with zero attached hydrogens (tertiary/aromatic N) is 1. The van der Waals surface area contributed by atoms with Crippen LogP contribution < -0.4 is 0 Å². The van der Waals surface area contributed by atoms with Crippen LogP contribution in [0.4, 0.5) is 8.78 Å². The topological polar surface area (TPSA) is 33.0 Å². The minimum atomic E-state index is -2.42. The third kappa shape index (κ3) is 6.05. The van der Waals surface area contributed by atoms with Crippen LogP contribution in [0.5, 0.6) is 0 Å². The molecule has 0 saturated carbocycles. The molecule has 0 aliphatic rings. The Balaban J connectivity index is 3.39. The summed E-state index contributed by atoms with van der Waals surface area (Å²) in [7, 11) is 0. The number of nitriles is 1. The lowest BCUT2D eigenvalue weighted by molar-refractivity contribution is 0.0113. The van der Waals surface area contributed by atoms with Crippen LogP contribution in [-0.2, 0) is 4.74 Å². The van der Waals surface area contributed by atoms with Crippen LogP contribution in [0.1, 0.15) is 20.3 Å². The number of hydrogen-bond acceptors (Lipinski definition) is 2. The van der Waals surface area contributed by atoms with Crippen molar-refractivity contribution in [2.75, 3.05) is 13.2 Å². The number of rotatable bonds is 5. The molecule has 0 N–H and O–H groups in total. The molecule has 4 heteroatoms. The molecule has 12 heavy (non-hydrogen) atoms. The summed E-state index contributed by atoms with van der Waals surface area (Å²) in [4.78, 5) is 0. The fraction of sp³-hybridized carbons (Fsp3) is 0.875. The highest BCUT2D eigenvalue weighted by molar-refractivity contribution is 4.91. The molecule has 70 valence electrons. The van der Waals surface area contributed by atoms with E-state index in [0.717, 1.165) is 0 Å². The van der Waals surface area contributed by atoms with Crippen molar-refractivity contribution in [2.45, 2.75) is 26.7 Å². The molecule has 0 saturated heterocycles. The van der Waals surface area contributed by atoms with E-state index in [1.54, 1.807) is 13.8 Å². The molecule has 0 spiro atoms. The van der Waals surface area contributed by atoms with Crippen molar-refractivity contribution in [3.05, 3.63) is 0 Å². The van der Waals surface area contributed by atoms with E-state index in [9.17, 15) is 8.78 Å². The van der Waals surface area contributed by atoms with Crippen LogP contribution in [0.15, 0.2) is 0 Å². The van der Waals surface area contributed by atoms with Crippen LogP contribution in [-0.4, -0.2) is 19.6 Å². The van der Waals surface area contributed by atoms with Crippen molar-refractivity contribution in [1.29, 1.82) is 5.26 Å². The molecule has 0 aromatic rings. The minimum absolute atomic E-state index is 0.213. The van der Waals surface area contributed by atoms with Crippen LogP contribution in [0.2, 0.25) is 0 Å². The molecule has 0 heterocycles. The molecule has 0 aliphatic carbocycles. The van der Waals surface area contributed by atoms with Gasteiger partial charge in [-0.1, -0.05) is 0 Å². The molecule has 2 nitrogen and oxygen atoms in total. The summed E-state index contributed by atoms with van der Waals surface area (Å²) in [5.74, 6) is 0. The van der Waals surface area contributed by atoms with Crippen molar-refractivity contribution < 1.29 is 13.5 Å². The first kappa shape index (κ1) is 11.3. The third-order valence-corrected chi connectivity index (χ3v) is 1.42. The Morgan fingerprint density at radius 1 is 1.50 bits per heavy atom. The maximum Gasteiger partial charge on any atom is 0.261 e. The highest BCUT2D eigenvalue weighted by atomic mass is 19.3. The Labute approximate surface area is 71.1 Å². The largest absolute Gasteiger partial charge is 0.375 e. The Hall–Kier alpha value is -0.690. The molecule has 0 atom stereocenters. The van der Waals surface area contributed by atoms with Gasteiger partial charge in [-0.2, -0.15) is 5.26 Å².